The maximum absolute atomic E-state index is 12.8. The van der Waals surface area contributed by atoms with Crippen molar-refractivity contribution in [1.82, 2.24) is 9.80 Å². The van der Waals surface area contributed by atoms with Crippen molar-refractivity contribution < 1.29 is 14.4 Å². The van der Waals surface area contributed by atoms with Gasteiger partial charge in [0.25, 0.3) is 5.91 Å². The number of imide groups is 1. The lowest BCUT2D eigenvalue weighted by atomic mass is 10.1. The number of benzene rings is 2. The van der Waals surface area contributed by atoms with E-state index < -0.39 is 0 Å². The third-order valence-electron chi connectivity index (χ3n) is 4.63. The highest BCUT2D eigenvalue weighted by Crippen LogP contribution is 2.18. The van der Waals surface area contributed by atoms with Gasteiger partial charge < -0.3 is 4.90 Å². The molecule has 140 valence electrons. The molecule has 0 atom stereocenters. The molecule has 0 saturated carbocycles. The van der Waals surface area contributed by atoms with Crippen molar-refractivity contribution in [3.05, 3.63) is 70.2 Å². The van der Waals surface area contributed by atoms with Gasteiger partial charge in [0.05, 0.1) is 6.54 Å². The number of hydrogen-bond acceptors (Lipinski definition) is 3. The van der Waals surface area contributed by atoms with Crippen molar-refractivity contribution in [2.75, 3.05) is 6.54 Å². The summed E-state index contributed by atoms with van der Waals surface area (Å²) in [4.78, 5) is 39.3. The summed E-state index contributed by atoms with van der Waals surface area (Å²) in [7, 11) is 0. The fourth-order valence-corrected chi connectivity index (χ4v) is 3.31. The van der Waals surface area contributed by atoms with Crippen LogP contribution in [0, 0.1) is 0 Å². The standard InChI is InChI=1S/C21H21ClN2O3/c1-2-23(13-16-4-3-5-18(22)12-16)21(27)17-8-6-15(7-9-17)14-24-19(25)10-11-20(24)26/h3-9,12H,2,10-11,13-14H2,1H3. The van der Waals surface area contributed by atoms with Gasteiger partial charge in [-0.15, -0.1) is 0 Å². The van der Waals surface area contributed by atoms with Crippen molar-refractivity contribution in [2.45, 2.75) is 32.9 Å². The van der Waals surface area contributed by atoms with E-state index in [9.17, 15) is 14.4 Å². The van der Waals surface area contributed by atoms with Gasteiger partial charge in [0.1, 0.15) is 0 Å². The van der Waals surface area contributed by atoms with Crippen LogP contribution in [0.15, 0.2) is 48.5 Å². The average Bonchev–Trinajstić information content (AvgIpc) is 2.98. The minimum atomic E-state index is -0.140. The monoisotopic (exact) mass is 384 g/mol. The summed E-state index contributed by atoms with van der Waals surface area (Å²) in [6.45, 7) is 3.24. The summed E-state index contributed by atoms with van der Waals surface area (Å²) < 4.78 is 0. The van der Waals surface area contributed by atoms with Gasteiger partial charge in [0.15, 0.2) is 0 Å². The molecule has 3 amide bonds. The van der Waals surface area contributed by atoms with Crippen molar-refractivity contribution in [2.24, 2.45) is 0 Å². The first-order chi connectivity index (χ1) is 13.0. The molecule has 3 rings (SSSR count). The van der Waals surface area contributed by atoms with Gasteiger partial charge in [-0.2, -0.15) is 0 Å². The Labute approximate surface area is 163 Å². The molecule has 0 bridgehead atoms. The van der Waals surface area contributed by atoms with Crippen LogP contribution in [-0.2, 0) is 22.7 Å². The highest BCUT2D eigenvalue weighted by Gasteiger charge is 2.28. The van der Waals surface area contributed by atoms with E-state index in [1.54, 1.807) is 35.2 Å². The van der Waals surface area contributed by atoms with Gasteiger partial charge in [0, 0.05) is 36.5 Å². The van der Waals surface area contributed by atoms with Crippen molar-refractivity contribution >= 4 is 29.3 Å². The molecule has 6 heteroatoms. The quantitative estimate of drug-likeness (QED) is 0.714. The SMILES string of the molecule is CCN(Cc1cccc(Cl)c1)C(=O)c1ccc(CN2C(=O)CCC2=O)cc1. The number of halogens is 1. The summed E-state index contributed by atoms with van der Waals surface area (Å²) >= 11 is 6.02. The smallest absolute Gasteiger partial charge is 0.254 e. The Morgan fingerprint density at radius 2 is 1.70 bits per heavy atom. The molecule has 0 aromatic heterocycles. The number of likely N-dealkylation sites (tertiary alicyclic amines) is 1. The summed E-state index contributed by atoms with van der Waals surface area (Å²) in [6, 6.07) is 14.5. The molecular weight excluding hydrogens is 364 g/mol. The third kappa shape index (κ3) is 4.55. The normalized spacial score (nSPS) is 13.9. The molecule has 1 aliphatic rings. The van der Waals surface area contributed by atoms with Crippen LogP contribution in [0.5, 0.6) is 0 Å². The molecule has 1 fully saturated rings. The first-order valence-corrected chi connectivity index (χ1v) is 9.31. The van der Waals surface area contributed by atoms with E-state index in [4.69, 9.17) is 11.6 Å². The molecule has 0 N–H and O–H groups in total. The Morgan fingerprint density at radius 1 is 1.04 bits per heavy atom. The summed E-state index contributed by atoms with van der Waals surface area (Å²) in [5, 5.41) is 0.645. The highest BCUT2D eigenvalue weighted by atomic mass is 35.5. The molecule has 1 saturated heterocycles. The van der Waals surface area contributed by atoms with Crippen LogP contribution in [0.3, 0.4) is 0 Å². The van der Waals surface area contributed by atoms with Gasteiger partial charge in [-0.3, -0.25) is 19.3 Å². The van der Waals surface area contributed by atoms with Gasteiger partial charge in [0.2, 0.25) is 11.8 Å². The van der Waals surface area contributed by atoms with Crippen LogP contribution in [0.2, 0.25) is 5.02 Å². The molecule has 0 aliphatic carbocycles. The Hall–Kier alpha value is -2.66. The number of hydrogen-bond donors (Lipinski definition) is 0. The first-order valence-electron chi connectivity index (χ1n) is 8.93. The molecule has 0 radical (unpaired) electrons. The topological polar surface area (TPSA) is 57.7 Å². The highest BCUT2D eigenvalue weighted by molar-refractivity contribution is 6.30. The minimum absolute atomic E-state index is 0.0719. The summed E-state index contributed by atoms with van der Waals surface area (Å²) in [5.74, 6) is -0.352. The van der Waals surface area contributed by atoms with Crippen LogP contribution in [0.4, 0.5) is 0 Å². The Bertz CT molecular complexity index is 848. The zero-order chi connectivity index (χ0) is 19.4. The van der Waals surface area contributed by atoms with Gasteiger partial charge in [-0.25, -0.2) is 0 Å². The fourth-order valence-electron chi connectivity index (χ4n) is 3.10. The second-order valence-corrected chi connectivity index (χ2v) is 6.96. The molecular formula is C21H21ClN2O3. The largest absolute Gasteiger partial charge is 0.335 e. The zero-order valence-corrected chi connectivity index (χ0v) is 15.9. The number of rotatable bonds is 6. The van der Waals surface area contributed by atoms with Crippen LogP contribution >= 0.6 is 11.6 Å². The molecule has 1 aliphatic heterocycles. The minimum Gasteiger partial charge on any atom is -0.335 e. The van der Waals surface area contributed by atoms with Crippen molar-refractivity contribution in [1.29, 1.82) is 0 Å². The van der Waals surface area contributed by atoms with E-state index >= 15 is 0 Å². The number of amides is 3. The Kier molecular flexibility index (Phi) is 5.91. The lowest BCUT2D eigenvalue weighted by Gasteiger charge is -2.21. The van der Waals surface area contributed by atoms with E-state index in [0.717, 1.165) is 11.1 Å². The molecule has 0 spiro atoms. The van der Waals surface area contributed by atoms with Crippen LogP contribution < -0.4 is 0 Å². The molecule has 1 heterocycles. The van der Waals surface area contributed by atoms with E-state index in [1.165, 1.54) is 4.90 Å². The molecule has 27 heavy (non-hydrogen) atoms. The van der Waals surface area contributed by atoms with Crippen LogP contribution in [0.1, 0.15) is 41.3 Å². The average molecular weight is 385 g/mol. The van der Waals surface area contributed by atoms with E-state index in [2.05, 4.69) is 0 Å². The number of carbonyl (C=O) groups is 3. The van der Waals surface area contributed by atoms with Crippen LogP contribution in [-0.4, -0.2) is 34.1 Å². The summed E-state index contributed by atoms with van der Waals surface area (Å²) in [6.07, 6.45) is 0.564. The second kappa shape index (κ2) is 8.35. The van der Waals surface area contributed by atoms with Crippen molar-refractivity contribution in [3.63, 3.8) is 0 Å². The lowest BCUT2D eigenvalue weighted by Crippen LogP contribution is -2.30. The third-order valence-corrected chi connectivity index (χ3v) is 4.86. The first kappa shape index (κ1) is 19.1. The maximum Gasteiger partial charge on any atom is 0.254 e. The van der Waals surface area contributed by atoms with Gasteiger partial charge in [-0.05, 0) is 42.3 Å². The lowest BCUT2D eigenvalue weighted by molar-refractivity contribution is -0.139. The number of nitrogens with zero attached hydrogens (tertiary/aromatic N) is 2. The zero-order valence-electron chi connectivity index (χ0n) is 15.2. The Balaban J connectivity index is 1.68. The van der Waals surface area contributed by atoms with Gasteiger partial charge >= 0.3 is 0 Å². The van der Waals surface area contributed by atoms with E-state index in [-0.39, 0.29) is 37.1 Å². The molecule has 0 unspecified atom stereocenters. The molecule has 2 aromatic carbocycles. The van der Waals surface area contributed by atoms with E-state index in [1.807, 2.05) is 25.1 Å². The van der Waals surface area contributed by atoms with Gasteiger partial charge in [-0.1, -0.05) is 35.9 Å². The maximum atomic E-state index is 12.8. The van der Waals surface area contributed by atoms with Crippen LogP contribution in [0.25, 0.3) is 0 Å². The predicted molar refractivity (Wildman–Crippen MR) is 103 cm³/mol. The summed E-state index contributed by atoms with van der Waals surface area (Å²) in [5.41, 5.74) is 2.37. The fraction of sp³-hybridized carbons (Fsp3) is 0.286. The van der Waals surface area contributed by atoms with Crippen molar-refractivity contribution in [3.8, 4) is 0 Å². The van der Waals surface area contributed by atoms with E-state index in [0.29, 0.717) is 23.7 Å². The second-order valence-electron chi connectivity index (χ2n) is 6.52. The Morgan fingerprint density at radius 3 is 2.30 bits per heavy atom. The molecule has 2 aromatic rings. The number of carbonyl (C=O) groups excluding carboxylic acids is 3. The predicted octanol–water partition coefficient (Wildman–Crippen LogP) is 3.65. The molecule has 5 nitrogen and oxygen atoms in total.